The third kappa shape index (κ3) is 3.80. The summed E-state index contributed by atoms with van der Waals surface area (Å²) in [6.45, 7) is 5.90. The average Bonchev–Trinajstić information content (AvgIpc) is 2.67. The van der Waals surface area contributed by atoms with Gasteiger partial charge >= 0.3 is 0 Å². The van der Waals surface area contributed by atoms with Crippen LogP contribution >= 0.6 is 0 Å². The van der Waals surface area contributed by atoms with Gasteiger partial charge in [-0.05, 0) is 56.9 Å². The topological polar surface area (TPSA) is 66.9 Å². The summed E-state index contributed by atoms with van der Waals surface area (Å²) in [5.74, 6) is 0.000221. The van der Waals surface area contributed by atoms with E-state index in [0.29, 0.717) is 25.3 Å². The molecule has 1 aromatic carbocycles. The SMILES string of the molecule is CCC1CCCCN1C(=O)c1ccc(S(=O)(=O)N2CCOCC2C)cc1. The molecule has 7 heteroatoms. The van der Waals surface area contributed by atoms with Crippen molar-refractivity contribution in [1.82, 2.24) is 9.21 Å². The Bertz CT molecular complexity index is 732. The van der Waals surface area contributed by atoms with Crippen LogP contribution in [-0.2, 0) is 14.8 Å². The summed E-state index contributed by atoms with van der Waals surface area (Å²) in [5, 5.41) is 0. The normalized spacial score (nSPS) is 25.2. The van der Waals surface area contributed by atoms with E-state index in [4.69, 9.17) is 4.74 Å². The van der Waals surface area contributed by atoms with Crippen molar-refractivity contribution in [3.8, 4) is 0 Å². The third-order valence-corrected chi connectivity index (χ3v) is 7.40. The maximum Gasteiger partial charge on any atom is 0.254 e. The largest absolute Gasteiger partial charge is 0.378 e. The van der Waals surface area contributed by atoms with Gasteiger partial charge in [-0.15, -0.1) is 0 Å². The maximum absolute atomic E-state index is 12.9. The van der Waals surface area contributed by atoms with E-state index in [2.05, 4.69) is 6.92 Å². The third-order valence-electron chi connectivity index (χ3n) is 5.37. The quantitative estimate of drug-likeness (QED) is 0.805. The minimum Gasteiger partial charge on any atom is -0.378 e. The molecule has 0 bridgehead atoms. The number of hydrogen-bond donors (Lipinski definition) is 0. The summed E-state index contributed by atoms with van der Waals surface area (Å²) < 4.78 is 32.5. The van der Waals surface area contributed by atoms with Gasteiger partial charge in [0.15, 0.2) is 0 Å². The van der Waals surface area contributed by atoms with Crippen LogP contribution in [-0.4, -0.2) is 61.9 Å². The number of amides is 1. The zero-order chi connectivity index (χ0) is 18.7. The van der Waals surface area contributed by atoms with Gasteiger partial charge in [0.2, 0.25) is 10.0 Å². The van der Waals surface area contributed by atoms with E-state index in [1.54, 1.807) is 24.3 Å². The molecule has 0 aliphatic carbocycles. The van der Waals surface area contributed by atoms with Gasteiger partial charge in [-0.2, -0.15) is 4.31 Å². The predicted molar refractivity (Wildman–Crippen MR) is 99.6 cm³/mol. The van der Waals surface area contributed by atoms with Crippen LogP contribution in [0, 0.1) is 0 Å². The molecular formula is C19H28N2O4S. The maximum atomic E-state index is 12.9. The Balaban J connectivity index is 1.78. The molecule has 0 saturated carbocycles. The second kappa shape index (κ2) is 8.06. The van der Waals surface area contributed by atoms with E-state index in [1.807, 2.05) is 11.8 Å². The number of benzene rings is 1. The number of ether oxygens (including phenoxy) is 1. The first-order valence-electron chi connectivity index (χ1n) is 9.45. The summed E-state index contributed by atoms with van der Waals surface area (Å²) in [7, 11) is -3.57. The fraction of sp³-hybridized carbons (Fsp3) is 0.632. The Morgan fingerprint density at radius 3 is 2.58 bits per heavy atom. The molecule has 144 valence electrons. The van der Waals surface area contributed by atoms with Gasteiger partial charge < -0.3 is 9.64 Å². The Hall–Kier alpha value is -1.44. The van der Waals surface area contributed by atoms with Crippen molar-refractivity contribution < 1.29 is 17.9 Å². The number of sulfonamides is 1. The molecule has 1 aromatic rings. The highest BCUT2D eigenvalue weighted by atomic mass is 32.2. The summed E-state index contributed by atoms with van der Waals surface area (Å²) in [4.78, 5) is 15.0. The van der Waals surface area contributed by atoms with Crippen LogP contribution in [0.5, 0.6) is 0 Å². The molecule has 2 aliphatic rings. The van der Waals surface area contributed by atoms with E-state index in [0.717, 1.165) is 32.2 Å². The minimum absolute atomic E-state index is 0.000221. The molecule has 2 saturated heterocycles. The molecule has 3 rings (SSSR count). The number of nitrogens with zero attached hydrogens (tertiary/aromatic N) is 2. The van der Waals surface area contributed by atoms with Gasteiger partial charge in [-0.1, -0.05) is 6.92 Å². The van der Waals surface area contributed by atoms with E-state index in [-0.39, 0.29) is 22.9 Å². The average molecular weight is 381 g/mol. The molecule has 2 atom stereocenters. The molecule has 1 amide bonds. The van der Waals surface area contributed by atoms with Crippen molar-refractivity contribution in [2.45, 2.75) is 56.5 Å². The highest BCUT2D eigenvalue weighted by Crippen LogP contribution is 2.24. The summed E-state index contributed by atoms with van der Waals surface area (Å²) in [6, 6.07) is 6.48. The summed E-state index contributed by atoms with van der Waals surface area (Å²) in [6.07, 6.45) is 4.19. The lowest BCUT2D eigenvalue weighted by molar-refractivity contribution is 0.0393. The first-order chi connectivity index (χ1) is 12.4. The lowest BCUT2D eigenvalue weighted by atomic mass is 9.99. The second-order valence-electron chi connectivity index (χ2n) is 7.12. The van der Waals surface area contributed by atoms with Crippen molar-refractivity contribution in [1.29, 1.82) is 0 Å². The van der Waals surface area contributed by atoms with Crippen molar-refractivity contribution >= 4 is 15.9 Å². The van der Waals surface area contributed by atoms with Crippen LogP contribution in [0.15, 0.2) is 29.2 Å². The fourth-order valence-corrected chi connectivity index (χ4v) is 5.43. The molecule has 0 spiro atoms. The molecule has 2 heterocycles. The van der Waals surface area contributed by atoms with Crippen LogP contribution < -0.4 is 0 Å². The predicted octanol–water partition coefficient (Wildman–Crippen LogP) is 2.50. The van der Waals surface area contributed by atoms with Crippen molar-refractivity contribution in [3.63, 3.8) is 0 Å². The number of piperidine rings is 1. The number of likely N-dealkylation sites (tertiary alicyclic amines) is 1. The van der Waals surface area contributed by atoms with E-state index < -0.39 is 10.0 Å². The highest BCUT2D eigenvalue weighted by Gasteiger charge is 2.32. The summed E-state index contributed by atoms with van der Waals surface area (Å²) >= 11 is 0. The molecular weight excluding hydrogens is 352 g/mol. The fourth-order valence-electron chi connectivity index (χ4n) is 3.83. The van der Waals surface area contributed by atoms with E-state index >= 15 is 0 Å². The molecule has 0 radical (unpaired) electrons. The standard InChI is InChI=1S/C19H28N2O4S/c1-3-17-6-4-5-11-20(17)19(22)16-7-9-18(10-8-16)26(23,24)21-12-13-25-14-15(21)2/h7-10,15,17H,3-6,11-14H2,1-2H3. The summed E-state index contributed by atoms with van der Waals surface area (Å²) in [5.41, 5.74) is 0.555. The lowest BCUT2D eigenvalue weighted by Crippen LogP contribution is -2.46. The number of rotatable bonds is 4. The van der Waals surface area contributed by atoms with Gasteiger partial charge in [0.05, 0.1) is 18.1 Å². The Kier molecular flexibility index (Phi) is 5.99. The minimum atomic E-state index is -3.57. The van der Waals surface area contributed by atoms with Gasteiger partial charge in [0.1, 0.15) is 0 Å². The molecule has 2 unspecified atom stereocenters. The van der Waals surface area contributed by atoms with Gasteiger partial charge in [0.25, 0.3) is 5.91 Å². The monoisotopic (exact) mass is 380 g/mol. The Morgan fingerprint density at radius 1 is 1.19 bits per heavy atom. The number of carbonyl (C=O) groups is 1. The van der Waals surface area contributed by atoms with Gasteiger partial charge in [-0.3, -0.25) is 4.79 Å². The smallest absolute Gasteiger partial charge is 0.254 e. The number of morpholine rings is 1. The van der Waals surface area contributed by atoms with Crippen LogP contribution in [0.2, 0.25) is 0 Å². The molecule has 26 heavy (non-hydrogen) atoms. The van der Waals surface area contributed by atoms with Crippen LogP contribution in [0.4, 0.5) is 0 Å². The molecule has 6 nitrogen and oxygen atoms in total. The molecule has 0 N–H and O–H groups in total. The van der Waals surface area contributed by atoms with Crippen LogP contribution in [0.3, 0.4) is 0 Å². The van der Waals surface area contributed by atoms with E-state index in [1.165, 1.54) is 4.31 Å². The zero-order valence-corrected chi connectivity index (χ0v) is 16.4. The highest BCUT2D eigenvalue weighted by molar-refractivity contribution is 7.89. The second-order valence-corrected chi connectivity index (χ2v) is 9.01. The van der Waals surface area contributed by atoms with Crippen molar-refractivity contribution in [2.75, 3.05) is 26.3 Å². The van der Waals surface area contributed by atoms with Gasteiger partial charge in [0, 0.05) is 30.7 Å². The molecule has 0 aromatic heterocycles. The van der Waals surface area contributed by atoms with Crippen LogP contribution in [0.25, 0.3) is 0 Å². The first kappa shape index (κ1) is 19.3. The van der Waals surface area contributed by atoms with E-state index in [9.17, 15) is 13.2 Å². The first-order valence-corrected chi connectivity index (χ1v) is 10.9. The lowest BCUT2D eigenvalue weighted by Gasteiger charge is -2.35. The van der Waals surface area contributed by atoms with Gasteiger partial charge in [-0.25, -0.2) is 8.42 Å². The Labute approximate surface area is 156 Å². The number of carbonyl (C=O) groups excluding carboxylic acids is 1. The molecule has 2 aliphatic heterocycles. The van der Waals surface area contributed by atoms with Crippen LogP contribution in [0.1, 0.15) is 49.9 Å². The zero-order valence-electron chi connectivity index (χ0n) is 15.6. The Morgan fingerprint density at radius 2 is 1.92 bits per heavy atom. The van der Waals surface area contributed by atoms with Crippen molar-refractivity contribution in [3.05, 3.63) is 29.8 Å². The molecule has 2 fully saturated rings. The number of hydrogen-bond acceptors (Lipinski definition) is 4. The van der Waals surface area contributed by atoms with Crippen molar-refractivity contribution in [2.24, 2.45) is 0 Å².